The number of thioether (sulfide) groups is 1. The maximum Gasteiger partial charge on any atom is 0.410 e. The van der Waals surface area contributed by atoms with Crippen LogP contribution in [0, 0.1) is 0 Å². The van der Waals surface area contributed by atoms with Gasteiger partial charge in [-0.1, -0.05) is 40.7 Å². The third-order valence-corrected chi connectivity index (χ3v) is 8.74. The number of rotatable bonds is 7. The van der Waals surface area contributed by atoms with Crippen LogP contribution in [0.4, 0.5) is 4.79 Å². The van der Waals surface area contributed by atoms with Gasteiger partial charge in [0.25, 0.3) is 0 Å². The molecule has 4 rings (SSSR count). The Labute approximate surface area is 229 Å². The zero-order valence-corrected chi connectivity index (χ0v) is 24.5. The Kier molecular flexibility index (Phi) is 8.49. The van der Waals surface area contributed by atoms with Crippen molar-refractivity contribution in [3.63, 3.8) is 0 Å². The highest BCUT2D eigenvalue weighted by molar-refractivity contribution is 9.10. The minimum Gasteiger partial charge on any atom is -0.444 e. The number of halogens is 1. The molecule has 36 heavy (non-hydrogen) atoms. The molecule has 2 atom stereocenters. The van der Waals surface area contributed by atoms with E-state index < -0.39 is 5.60 Å². The van der Waals surface area contributed by atoms with Crippen LogP contribution in [0.3, 0.4) is 0 Å². The van der Waals surface area contributed by atoms with Gasteiger partial charge in [-0.15, -0.1) is 11.3 Å². The summed E-state index contributed by atoms with van der Waals surface area (Å²) < 4.78 is 7.66. The fourth-order valence-corrected chi connectivity index (χ4v) is 6.79. The second kappa shape index (κ2) is 11.2. The number of hydrogen-bond donors (Lipinski definition) is 2. The predicted octanol–water partition coefficient (Wildman–Crippen LogP) is 5.91. The van der Waals surface area contributed by atoms with Gasteiger partial charge in [-0.2, -0.15) is 0 Å². The van der Waals surface area contributed by atoms with Gasteiger partial charge in [-0.05, 0) is 57.9 Å². The van der Waals surface area contributed by atoms with Gasteiger partial charge in [0.15, 0.2) is 0 Å². The molecule has 0 fully saturated rings. The number of ether oxygens (including phenoxy) is 1. The standard InChI is InChI=1S/C26H33BrN4O3S2/c1-6-15(2)28-11-9-21(32)30-24-22(23-29-18-13-16(27)7-8-19(18)35-23)17-10-12-31(14-20(17)36-24)25(33)34-26(3,4)5/h7-8,10,13,15,20,28H,6,9,11-12,14H2,1-5H3,(H,30,32). The van der Waals surface area contributed by atoms with E-state index in [-0.39, 0.29) is 17.3 Å². The van der Waals surface area contributed by atoms with Gasteiger partial charge in [-0.3, -0.25) is 4.79 Å². The summed E-state index contributed by atoms with van der Waals surface area (Å²) in [6, 6.07) is 6.45. The molecule has 0 aliphatic carbocycles. The van der Waals surface area contributed by atoms with Gasteiger partial charge >= 0.3 is 6.09 Å². The van der Waals surface area contributed by atoms with E-state index in [9.17, 15) is 9.59 Å². The number of nitrogens with zero attached hydrogens (tertiary/aromatic N) is 2. The Balaban J connectivity index is 1.59. The number of thiazole rings is 1. The summed E-state index contributed by atoms with van der Waals surface area (Å²) in [5.41, 5.74) is 2.45. The minimum absolute atomic E-state index is 0.00792. The summed E-state index contributed by atoms with van der Waals surface area (Å²) in [5.74, 6) is -0.0297. The van der Waals surface area contributed by atoms with E-state index in [2.05, 4.69) is 52.6 Å². The summed E-state index contributed by atoms with van der Waals surface area (Å²) in [7, 11) is 0. The topological polar surface area (TPSA) is 83.6 Å². The first-order valence-corrected chi connectivity index (χ1v) is 14.7. The molecule has 1 aromatic carbocycles. The van der Waals surface area contributed by atoms with E-state index in [1.807, 2.05) is 32.9 Å². The Morgan fingerprint density at radius 3 is 2.83 bits per heavy atom. The smallest absolute Gasteiger partial charge is 0.410 e. The molecule has 2 N–H and O–H groups in total. The molecule has 10 heteroatoms. The zero-order chi connectivity index (χ0) is 26.0. The first kappa shape index (κ1) is 27.2. The summed E-state index contributed by atoms with van der Waals surface area (Å²) in [4.78, 5) is 32.2. The number of benzene rings is 1. The lowest BCUT2D eigenvalue weighted by Gasteiger charge is -2.31. The van der Waals surface area contributed by atoms with E-state index in [0.29, 0.717) is 32.1 Å². The van der Waals surface area contributed by atoms with Crippen molar-refractivity contribution in [3.8, 4) is 0 Å². The van der Waals surface area contributed by atoms with Gasteiger partial charge < -0.3 is 20.3 Å². The second-order valence-electron chi connectivity index (χ2n) is 10.0. The number of fused-ring (bicyclic) bond motifs is 2. The largest absolute Gasteiger partial charge is 0.444 e. The van der Waals surface area contributed by atoms with Crippen LogP contribution in [0.25, 0.3) is 15.8 Å². The van der Waals surface area contributed by atoms with Crippen LogP contribution in [-0.2, 0) is 9.53 Å². The van der Waals surface area contributed by atoms with Crippen molar-refractivity contribution in [1.29, 1.82) is 0 Å². The van der Waals surface area contributed by atoms with Crippen LogP contribution in [0.5, 0.6) is 0 Å². The maximum absolute atomic E-state index is 12.9. The average molecular weight is 594 g/mol. The van der Waals surface area contributed by atoms with Crippen molar-refractivity contribution >= 4 is 66.8 Å². The number of nitrogens with one attached hydrogen (secondary N) is 2. The maximum atomic E-state index is 12.9. The van der Waals surface area contributed by atoms with Crippen molar-refractivity contribution in [1.82, 2.24) is 20.5 Å². The van der Waals surface area contributed by atoms with Crippen molar-refractivity contribution in [2.45, 2.75) is 64.4 Å². The molecule has 0 spiro atoms. The molecular weight excluding hydrogens is 560 g/mol. The lowest BCUT2D eigenvalue weighted by molar-refractivity contribution is -0.120. The summed E-state index contributed by atoms with van der Waals surface area (Å²) in [6.45, 7) is 11.4. The highest BCUT2D eigenvalue weighted by Crippen LogP contribution is 2.48. The lowest BCUT2D eigenvalue weighted by Crippen LogP contribution is -2.42. The minimum atomic E-state index is -0.551. The van der Waals surface area contributed by atoms with Crippen molar-refractivity contribution in [2.24, 2.45) is 0 Å². The van der Waals surface area contributed by atoms with Crippen molar-refractivity contribution in [2.75, 3.05) is 19.6 Å². The number of hydrogen-bond acceptors (Lipinski definition) is 7. The predicted molar refractivity (Wildman–Crippen MR) is 152 cm³/mol. The molecule has 3 heterocycles. The first-order valence-electron chi connectivity index (χ1n) is 12.2. The Morgan fingerprint density at radius 2 is 2.11 bits per heavy atom. The van der Waals surface area contributed by atoms with E-state index in [0.717, 1.165) is 42.3 Å². The van der Waals surface area contributed by atoms with Gasteiger partial charge in [0, 0.05) is 42.1 Å². The SMILES string of the molecule is CCC(C)NCCC(=O)NC1=C(c2nc3cc(Br)ccc3s2)C2=CCN(C(=O)OC(C)(C)C)CC2S1. The molecule has 0 saturated heterocycles. The summed E-state index contributed by atoms with van der Waals surface area (Å²) in [5, 5.41) is 8.23. The third-order valence-electron chi connectivity index (χ3n) is 5.97. The number of aromatic nitrogens is 1. The van der Waals surface area contributed by atoms with E-state index in [1.54, 1.807) is 28.0 Å². The molecule has 7 nitrogen and oxygen atoms in total. The van der Waals surface area contributed by atoms with Crippen LogP contribution in [0.1, 0.15) is 52.5 Å². The third kappa shape index (κ3) is 6.51. The highest BCUT2D eigenvalue weighted by Gasteiger charge is 2.38. The van der Waals surface area contributed by atoms with E-state index in [1.165, 1.54) is 0 Å². The summed E-state index contributed by atoms with van der Waals surface area (Å²) >= 11 is 6.74. The van der Waals surface area contributed by atoms with Gasteiger partial charge in [0.2, 0.25) is 5.91 Å². The fourth-order valence-electron chi connectivity index (χ4n) is 3.97. The molecule has 0 saturated carbocycles. The van der Waals surface area contributed by atoms with Gasteiger partial charge in [0.1, 0.15) is 10.6 Å². The average Bonchev–Trinajstić information content (AvgIpc) is 3.36. The molecule has 2 unspecified atom stereocenters. The highest BCUT2D eigenvalue weighted by atomic mass is 79.9. The first-order chi connectivity index (χ1) is 17.0. The van der Waals surface area contributed by atoms with Crippen LogP contribution in [0.15, 0.2) is 39.4 Å². The number of amides is 2. The molecule has 194 valence electrons. The molecule has 0 bridgehead atoms. The van der Waals surface area contributed by atoms with E-state index >= 15 is 0 Å². The molecular formula is C26H33BrN4O3S2. The Morgan fingerprint density at radius 1 is 1.33 bits per heavy atom. The molecule has 0 radical (unpaired) electrons. The molecule has 2 aliphatic rings. The van der Waals surface area contributed by atoms with Gasteiger partial charge in [-0.25, -0.2) is 9.78 Å². The summed E-state index contributed by atoms with van der Waals surface area (Å²) in [6.07, 6.45) is 3.16. The molecule has 2 aromatic rings. The molecule has 2 amide bonds. The number of carbonyl (C=O) groups is 2. The fraction of sp³-hybridized carbons (Fsp3) is 0.500. The van der Waals surface area contributed by atoms with E-state index in [4.69, 9.17) is 9.72 Å². The van der Waals surface area contributed by atoms with Crippen LogP contribution in [-0.4, -0.2) is 58.4 Å². The Bertz CT molecular complexity index is 1220. The number of allylic oxidation sites excluding steroid dienone is 1. The normalized spacial score (nSPS) is 18.8. The Hall–Kier alpha value is -1.88. The second-order valence-corrected chi connectivity index (χ2v) is 13.2. The zero-order valence-electron chi connectivity index (χ0n) is 21.3. The van der Waals surface area contributed by atoms with Crippen molar-refractivity contribution in [3.05, 3.63) is 44.4 Å². The lowest BCUT2D eigenvalue weighted by atomic mass is 10.0. The molecule has 1 aromatic heterocycles. The van der Waals surface area contributed by atoms with Gasteiger partial charge in [0.05, 0.1) is 20.5 Å². The molecule has 2 aliphatic heterocycles. The van der Waals surface area contributed by atoms with Crippen molar-refractivity contribution < 1.29 is 14.3 Å². The number of carbonyl (C=O) groups excluding carboxylic acids is 2. The quantitative estimate of drug-likeness (QED) is 0.415. The van der Waals surface area contributed by atoms with Crippen LogP contribution >= 0.6 is 39.0 Å². The van der Waals surface area contributed by atoms with Crippen LogP contribution < -0.4 is 10.6 Å². The monoisotopic (exact) mass is 592 g/mol. The van der Waals surface area contributed by atoms with Crippen LogP contribution in [0.2, 0.25) is 0 Å².